The molecule has 0 amide bonds. The number of nitrogens with zero attached hydrogens (tertiary/aromatic N) is 4. The molecule has 0 unspecified atom stereocenters. The largest absolute Gasteiger partial charge is 0.478 e. The number of benzene rings is 1. The van der Waals surface area contributed by atoms with Gasteiger partial charge in [-0.2, -0.15) is 10.2 Å². The summed E-state index contributed by atoms with van der Waals surface area (Å²) >= 11 is 0. The van der Waals surface area contributed by atoms with Crippen molar-refractivity contribution in [1.82, 2.24) is 10.1 Å². The normalized spacial score (nSPS) is 9.89. The minimum atomic E-state index is -0.613. The molecule has 0 bridgehead atoms. The number of hydrogen-bond acceptors (Lipinski definition) is 7. The fourth-order valence-corrected chi connectivity index (χ4v) is 1.39. The van der Waals surface area contributed by atoms with Crippen LogP contribution in [0.5, 0.6) is 5.75 Å². The SMILES string of the molecule is Cc1nc(COc2ccc(C#N)cc2[N+](=O)[O-])no1. The first-order valence-electron chi connectivity index (χ1n) is 5.20. The Labute approximate surface area is 107 Å². The summed E-state index contributed by atoms with van der Waals surface area (Å²) in [5.74, 6) is 0.718. The number of nitro benzene ring substituents is 1. The molecule has 0 saturated heterocycles. The van der Waals surface area contributed by atoms with Crippen molar-refractivity contribution in [2.45, 2.75) is 13.5 Å². The summed E-state index contributed by atoms with van der Waals surface area (Å²) < 4.78 is 10.0. The molecule has 0 N–H and O–H groups in total. The standard InChI is InChI=1S/C11H8N4O4/c1-7-13-11(14-19-7)6-18-10-3-2-8(5-12)4-9(10)15(16)17/h2-4H,6H2,1H3. The summed E-state index contributed by atoms with van der Waals surface area (Å²) in [6.45, 7) is 1.57. The molecule has 0 radical (unpaired) electrons. The van der Waals surface area contributed by atoms with Crippen LogP contribution in [-0.4, -0.2) is 15.1 Å². The Bertz CT molecular complexity index is 659. The average molecular weight is 260 g/mol. The van der Waals surface area contributed by atoms with Gasteiger partial charge in [0.2, 0.25) is 11.7 Å². The van der Waals surface area contributed by atoms with Crippen LogP contribution in [0, 0.1) is 28.4 Å². The van der Waals surface area contributed by atoms with Crippen LogP contribution in [0.2, 0.25) is 0 Å². The molecule has 0 spiro atoms. The van der Waals surface area contributed by atoms with Crippen molar-refractivity contribution in [2.75, 3.05) is 0 Å². The van der Waals surface area contributed by atoms with Gasteiger partial charge in [-0.1, -0.05) is 5.16 Å². The van der Waals surface area contributed by atoms with E-state index in [1.807, 2.05) is 6.07 Å². The number of aryl methyl sites for hydroxylation is 1. The second-order valence-corrected chi connectivity index (χ2v) is 3.57. The summed E-state index contributed by atoms with van der Waals surface area (Å²) in [6, 6.07) is 5.78. The molecule has 0 fully saturated rings. The highest BCUT2D eigenvalue weighted by molar-refractivity contribution is 5.51. The quantitative estimate of drug-likeness (QED) is 0.607. The van der Waals surface area contributed by atoms with Crippen LogP contribution in [0.25, 0.3) is 0 Å². The molecule has 0 aliphatic rings. The molecule has 0 atom stereocenters. The fraction of sp³-hybridized carbons (Fsp3) is 0.182. The van der Waals surface area contributed by atoms with E-state index in [9.17, 15) is 10.1 Å². The second kappa shape index (κ2) is 5.14. The zero-order valence-electron chi connectivity index (χ0n) is 9.86. The predicted octanol–water partition coefficient (Wildman–Crippen LogP) is 1.74. The molecule has 1 aromatic heterocycles. The number of nitriles is 1. The molecule has 0 aliphatic carbocycles. The van der Waals surface area contributed by atoms with Gasteiger partial charge in [-0.3, -0.25) is 10.1 Å². The first-order chi connectivity index (χ1) is 9.10. The number of aromatic nitrogens is 2. The van der Waals surface area contributed by atoms with Crippen molar-refractivity contribution in [3.05, 3.63) is 45.6 Å². The number of hydrogen-bond donors (Lipinski definition) is 0. The van der Waals surface area contributed by atoms with Crippen molar-refractivity contribution in [3.8, 4) is 11.8 Å². The molecule has 2 aromatic rings. The van der Waals surface area contributed by atoms with E-state index >= 15 is 0 Å². The summed E-state index contributed by atoms with van der Waals surface area (Å²) in [5, 5.41) is 23.2. The summed E-state index contributed by atoms with van der Waals surface area (Å²) in [5.41, 5.74) is -0.0891. The van der Waals surface area contributed by atoms with Crippen LogP contribution in [-0.2, 0) is 6.61 Å². The van der Waals surface area contributed by atoms with E-state index in [0.29, 0.717) is 5.89 Å². The Morgan fingerprint density at radius 3 is 2.95 bits per heavy atom. The Balaban J connectivity index is 2.20. The second-order valence-electron chi connectivity index (χ2n) is 3.57. The first-order valence-corrected chi connectivity index (χ1v) is 5.20. The van der Waals surface area contributed by atoms with Crippen molar-refractivity contribution >= 4 is 5.69 Å². The third-order valence-electron chi connectivity index (χ3n) is 2.21. The van der Waals surface area contributed by atoms with E-state index in [1.165, 1.54) is 12.1 Å². The Hall–Kier alpha value is -2.95. The lowest BCUT2D eigenvalue weighted by atomic mass is 10.2. The van der Waals surface area contributed by atoms with E-state index in [2.05, 4.69) is 10.1 Å². The van der Waals surface area contributed by atoms with E-state index in [4.69, 9.17) is 14.5 Å². The van der Waals surface area contributed by atoms with Gasteiger partial charge < -0.3 is 9.26 Å². The van der Waals surface area contributed by atoms with Crippen molar-refractivity contribution in [3.63, 3.8) is 0 Å². The molecule has 2 rings (SSSR count). The molecule has 96 valence electrons. The molecule has 8 heteroatoms. The van der Waals surface area contributed by atoms with Crippen LogP contribution in [0.4, 0.5) is 5.69 Å². The van der Waals surface area contributed by atoms with E-state index in [0.717, 1.165) is 6.07 Å². The highest BCUT2D eigenvalue weighted by Crippen LogP contribution is 2.28. The predicted molar refractivity (Wildman–Crippen MR) is 61.2 cm³/mol. The molecule has 1 aromatic carbocycles. The van der Waals surface area contributed by atoms with Gasteiger partial charge in [0.05, 0.1) is 16.6 Å². The summed E-state index contributed by atoms with van der Waals surface area (Å²) in [7, 11) is 0. The lowest BCUT2D eigenvalue weighted by Crippen LogP contribution is -2.01. The highest BCUT2D eigenvalue weighted by Gasteiger charge is 2.17. The minimum Gasteiger partial charge on any atom is -0.478 e. The highest BCUT2D eigenvalue weighted by atomic mass is 16.6. The van der Waals surface area contributed by atoms with Gasteiger partial charge >= 0.3 is 5.69 Å². The summed E-state index contributed by atoms with van der Waals surface area (Å²) in [4.78, 5) is 14.2. The Kier molecular flexibility index (Phi) is 3.38. The van der Waals surface area contributed by atoms with E-state index < -0.39 is 4.92 Å². The minimum absolute atomic E-state index is 0.0476. The van der Waals surface area contributed by atoms with Gasteiger partial charge in [-0.15, -0.1) is 0 Å². The number of rotatable bonds is 4. The zero-order valence-corrected chi connectivity index (χ0v) is 9.86. The number of nitro groups is 1. The molecular formula is C11H8N4O4. The fourth-order valence-electron chi connectivity index (χ4n) is 1.39. The molecular weight excluding hydrogens is 252 g/mol. The van der Waals surface area contributed by atoms with Gasteiger partial charge in [-0.05, 0) is 12.1 Å². The Morgan fingerprint density at radius 2 is 2.37 bits per heavy atom. The van der Waals surface area contributed by atoms with Gasteiger partial charge in [0, 0.05) is 13.0 Å². The molecule has 8 nitrogen and oxygen atoms in total. The van der Waals surface area contributed by atoms with E-state index in [-0.39, 0.29) is 29.4 Å². The van der Waals surface area contributed by atoms with Crippen LogP contribution < -0.4 is 4.74 Å². The van der Waals surface area contributed by atoms with Gasteiger partial charge in [-0.25, -0.2) is 0 Å². The van der Waals surface area contributed by atoms with Gasteiger partial charge in [0.15, 0.2) is 12.4 Å². The third kappa shape index (κ3) is 2.84. The van der Waals surface area contributed by atoms with Gasteiger partial charge in [0.25, 0.3) is 0 Å². The lowest BCUT2D eigenvalue weighted by molar-refractivity contribution is -0.386. The Morgan fingerprint density at radius 1 is 1.58 bits per heavy atom. The maximum Gasteiger partial charge on any atom is 0.312 e. The average Bonchev–Trinajstić information content (AvgIpc) is 2.82. The van der Waals surface area contributed by atoms with Gasteiger partial charge in [0.1, 0.15) is 0 Å². The van der Waals surface area contributed by atoms with Crippen molar-refractivity contribution in [1.29, 1.82) is 5.26 Å². The molecule has 19 heavy (non-hydrogen) atoms. The van der Waals surface area contributed by atoms with Crippen LogP contribution in [0.1, 0.15) is 17.3 Å². The number of ether oxygens (including phenoxy) is 1. The lowest BCUT2D eigenvalue weighted by Gasteiger charge is -2.04. The zero-order chi connectivity index (χ0) is 13.8. The van der Waals surface area contributed by atoms with Crippen LogP contribution >= 0.6 is 0 Å². The van der Waals surface area contributed by atoms with Crippen molar-refractivity contribution in [2.24, 2.45) is 0 Å². The topological polar surface area (TPSA) is 115 Å². The molecule has 0 saturated carbocycles. The molecule has 0 aliphatic heterocycles. The first kappa shape index (κ1) is 12.5. The molecule has 1 heterocycles. The van der Waals surface area contributed by atoms with Crippen LogP contribution in [0.3, 0.4) is 0 Å². The smallest absolute Gasteiger partial charge is 0.312 e. The monoisotopic (exact) mass is 260 g/mol. The maximum absolute atomic E-state index is 10.9. The maximum atomic E-state index is 10.9. The van der Waals surface area contributed by atoms with Crippen LogP contribution in [0.15, 0.2) is 22.7 Å². The van der Waals surface area contributed by atoms with E-state index in [1.54, 1.807) is 6.92 Å². The van der Waals surface area contributed by atoms with Crippen molar-refractivity contribution < 1.29 is 14.2 Å². The summed E-state index contributed by atoms with van der Waals surface area (Å²) in [6.07, 6.45) is 0. The third-order valence-corrected chi connectivity index (χ3v) is 2.21.